The Bertz CT molecular complexity index is 285. The molecule has 3 nitrogen and oxygen atoms in total. The van der Waals surface area contributed by atoms with Crippen molar-refractivity contribution in [2.45, 2.75) is 84.0 Å². The zero-order valence-corrected chi connectivity index (χ0v) is 13.7. The molecule has 0 spiro atoms. The fourth-order valence-electron chi connectivity index (χ4n) is 2.16. The first kappa shape index (κ1) is 19.9. The van der Waals surface area contributed by atoms with E-state index in [1.165, 1.54) is 51.4 Å². The van der Waals surface area contributed by atoms with Crippen molar-refractivity contribution >= 4 is 5.97 Å². The van der Waals surface area contributed by atoms with Gasteiger partial charge in [-0.05, 0) is 32.1 Å². The van der Waals surface area contributed by atoms with Gasteiger partial charge in [0.15, 0.2) is 0 Å². The van der Waals surface area contributed by atoms with Crippen LogP contribution in [0, 0.1) is 0 Å². The number of carbonyl (C=O) groups excluding carboxylic acids is 1. The van der Waals surface area contributed by atoms with Crippen molar-refractivity contribution in [2.75, 3.05) is 0 Å². The van der Waals surface area contributed by atoms with Crippen molar-refractivity contribution in [2.24, 2.45) is 5.90 Å². The third kappa shape index (κ3) is 16.9. The Balaban J connectivity index is 3.21. The summed E-state index contributed by atoms with van der Waals surface area (Å²) in [5.41, 5.74) is 0. The third-order valence-electron chi connectivity index (χ3n) is 3.49. The molecule has 3 heteroatoms. The van der Waals surface area contributed by atoms with Crippen LogP contribution in [-0.2, 0) is 9.63 Å². The number of rotatable bonds is 14. The molecule has 0 radical (unpaired) electrons. The average Bonchev–Trinajstić information content (AvgIpc) is 2.50. The van der Waals surface area contributed by atoms with Crippen LogP contribution < -0.4 is 5.90 Å². The largest absolute Gasteiger partial charge is 0.373 e. The highest BCUT2D eigenvalue weighted by molar-refractivity contribution is 5.68. The third-order valence-corrected chi connectivity index (χ3v) is 3.49. The van der Waals surface area contributed by atoms with E-state index in [2.05, 4.69) is 36.1 Å². The molecule has 0 amide bonds. The van der Waals surface area contributed by atoms with Gasteiger partial charge in [-0.25, -0.2) is 0 Å². The van der Waals surface area contributed by atoms with E-state index in [0.29, 0.717) is 6.42 Å². The van der Waals surface area contributed by atoms with Gasteiger partial charge < -0.3 is 4.84 Å². The molecule has 0 aromatic rings. The molecule has 0 unspecified atom stereocenters. The molecular weight excluding hydrogens is 262 g/mol. The van der Waals surface area contributed by atoms with E-state index < -0.39 is 0 Å². The van der Waals surface area contributed by atoms with E-state index in [1.807, 2.05) is 0 Å². The summed E-state index contributed by atoms with van der Waals surface area (Å²) < 4.78 is 0. The first-order chi connectivity index (χ1) is 10.3. The quantitative estimate of drug-likeness (QED) is 0.272. The molecule has 21 heavy (non-hydrogen) atoms. The van der Waals surface area contributed by atoms with Gasteiger partial charge in [-0.3, -0.25) is 4.79 Å². The number of unbranched alkanes of at least 4 members (excludes halogenated alkanes) is 9. The van der Waals surface area contributed by atoms with Crippen molar-refractivity contribution in [1.29, 1.82) is 0 Å². The summed E-state index contributed by atoms with van der Waals surface area (Å²) in [6, 6.07) is 0. The molecule has 0 bridgehead atoms. The van der Waals surface area contributed by atoms with E-state index >= 15 is 0 Å². The van der Waals surface area contributed by atoms with Crippen molar-refractivity contribution in [3.05, 3.63) is 24.3 Å². The van der Waals surface area contributed by atoms with Gasteiger partial charge in [-0.1, -0.05) is 69.8 Å². The lowest BCUT2D eigenvalue weighted by atomic mass is 10.1. The second-order valence-corrected chi connectivity index (χ2v) is 5.50. The monoisotopic (exact) mass is 295 g/mol. The molecule has 2 N–H and O–H groups in total. The fourth-order valence-corrected chi connectivity index (χ4v) is 2.16. The van der Waals surface area contributed by atoms with Crippen molar-refractivity contribution in [3.8, 4) is 0 Å². The van der Waals surface area contributed by atoms with Crippen LogP contribution in [0.5, 0.6) is 0 Å². The summed E-state index contributed by atoms with van der Waals surface area (Å²) in [6.45, 7) is 2.24. The number of allylic oxidation sites excluding steroid dienone is 4. The number of carbonyl (C=O) groups is 1. The average molecular weight is 295 g/mol. The Labute approximate surface area is 130 Å². The summed E-state index contributed by atoms with van der Waals surface area (Å²) in [5.74, 6) is 4.46. The lowest BCUT2D eigenvalue weighted by Gasteiger charge is -1.99. The zero-order valence-electron chi connectivity index (χ0n) is 13.7. The topological polar surface area (TPSA) is 52.3 Å². The normalized spacial score (nSPS) is 11.5. The van der Waals surface area contributed by atoms with Gasteiger partial charge in [0.05, 0.1) is 0 Å². The second kappa shape index (κ2) is 17.0. The predicted octanol–water partition coefficient (Wildman–Crippen LogP) is 5.22. The molecule has 0 aliphatic rings. The van der Waals surface area contributed by atoms with Crippen LogP contribution in [0.15, 0.2) is 24.3 Å². The van der Waals surface area contributed by atoms with E-state index in [1.54, 1.807) is 0 Å². The molecule has 122 valence electrons. The maximum Gasteiger partial charge on any atom is 0.324 e. The Morgan fingerprint density at radius 3 is 1.95 bits per heavy atom. The lowest BCUT2D eigenvalue weighted by molar-refractivity contribution is -0.144. The minimum absolute atomic E-state index is 0.306. The molecule has 0 aliphatic carbocycles. The number of nitrogens with two attached hydrogens (primary N) is 1. The second-order valence-electron chi connectivity index (χ2n) is 5.50. The first-order valence-electron chi connectivity index (χ1n) is 8.52. The number of hydrogen-bond acceptors (Lipinski definition) is 3. The molecule has 0 fully saturated rings. The van der Waals surface area contributed by atoms with Gasteiger partial charge in [0.2, 0.25) is 0 Å². The van der Waals surface area contributed by atoms with E-state index in [0.717, 1.165) is 19.3 Å². The van der Waals surface area contributed by atoms with Gasteiger partial charge >= 0.3 is 5.97 Å². The lowest BCUT2D eigenvalue weighted by Crippen LogP contribution is -2.08. The van der Waals surface area contributed by atoms with Crippen LogP contribution in [-0.4, -0.2) is 5.97 Å². The molecular formula is C18H33NO2. The van der Waals surface area contributed by atoms with Crippen LogP contribution in [0.25, 0.3) is 0 Å². The zero-order chi connectivity index (χ0) is 15.6. The van der Waals surface area contributed by atoms with E-state index in [4.69, 9.17) is 5.90 Å². The minimum Gasteiger partial charge on any atom is -0.373 e. The Morgan fingerprint density at radius 2 is 1.38 bits per heavy atom. The smallest absolute Gasteiger partial charge is 0.324 e. The summed E-state index contributed by atoms with van der Waals surface area (Å²) in [5, 5.41) is 0. The molecule has 0 rings (SSSR count). The van der Waals surface area contributed by atoms with Gasteiger partial charge in [-0.2, -0.15) is 5.90 Å². The minimum atomic E-state index is -0.306. The maximum atomic E-state index is 10.8. The predicted molar refractivity (Wildman–Crippen MR) is 89.6 cm³/mol. The van der Waals surface area contributed by atoms with Crippen LogP contribution in [0.4, 0.5) is 0 Å². The van der Waals surface area contributed by atoms with Crippen molar-refractivity contribution in [1.82, 2.24) is 0 Å². The van der Waals surface area contributed by atoms with Crippen molar-refractivity contribution in [3.63, 3.8) is 0 Å². The number of hydrogen-bond donors (Lipinski definition) is 1. The highest BCUT2D eigenvalue weighted by Gasteiger charge is 1.99. The van der Waals surface area contributed by atoms with Crippen LogP contribution in [0.1, 0.15) is 84.0 Å². The highest BCUT2D eigenvalue weighted by Crippen LogP contribution is 2.08. The summed E-state index contributed by atoms with van der Waals surface area (Å²) in [7, 11) is 0. The highest BCUT2D eigenvalue weighted by atomic mass is 16.7. The van der Waals surface area contributed by atoms with Crippen LogP contribution in [0.2, 0.25) is 0 Å². The first-order valence-corrected chi connectivity index (χ1v) is 8.52. The molecule has 0 aliphatic heterocycles. The Morgan fingerprint density at radius 1 is 0.857 bits per heavy atom. The molecule has 0 atom stereocenters. The van der Waals surface area contributed by atoms with Crippen LogP contribution >= 0.6 is 0 Å². The van der Waals surface area contributed by atoms with Gasteiger partial charge in [-0.15, -0.1) is 0 Å². The molecule has 0 saturated heterocycles. The maximum absolute atomic E-state index is 10.8. The van der Waals surface area contributed by atoms with Gasteiger partial charge in [0, 0.05) is 6.42 Å². The Hall–Kier alpha value is -1.09. The van der Waals surface area contributed by atoms with Gasteiger partial charge in [0.25, 0.3) is 0 Å². The SMILES string of the molecule is CCCCCC/C=C/C=C\CCCCCCCC(=O)ON. The molecule has 0 aromatic carbocycles. The fraction of sp³-hybridized carbons (Fsp3) is 0.722. The van der Waals surface area contributed by atoms with Crippen molar-refractivity contribution < 1.29 is 9.63 Å². The molecule has 0 saturated carbocycles. The van der Waals surface area contributed by atoms with Crippen LogP contribution in [0.3, 0.4) is 0 Å². The summed E-state index contributed by atoms with van der Waals surface area (Å²) in [6.07, 6.45) is 22.6. The van der Waals surface area contributed by atoms with Gasteiger partial charge in [0.1, 0.15) is 0 Å². The standard InChI is InChI=1S/C18H33NO2/c1-2-3-4-5-6-7-8-9-10-11-12-13-14-15-16-17-18(20)21-19/h7-10H,2-6,11-17,19H2,1H3/b8-7+,10-9-. The van der Waals surface area contributed by atoms with E-state index in [-0.39, 0.29) is 5.97 Å². The summed E-state index contributed by atoms with van der Waals surface area (Å²) >= 11 is 0. The summed E-state index contributed by atoms with van der Waals surface area (Å²) in [4.78, 5) is 14.9. The van der Waals surface area contributed by atoms with E-state index in [9.17, 15) is 4.79 Å². The molecule has 0 aromatic heterocycles. The molecule has 0 heterocycles. The Kier molecular flexibility index (Phi) is 16.1.